The Labute approximate surface area is 122 Å². The minimum absolute atomic E-state index is 0.0822. The molecule has 1 saturated heterocycles. The molecule has 2 heterocycles. The Hall–Kier alpha value is -2.18. The van der Waals surface area contributed by atoms with Crippen LogP contribution in [0.15, 0.2) is 36.7 Å². The number of carbonyl (C=O) groups is 1. The summed E-state index contributed by atoms with van der Waals surface area (Å²) in [6.45, 7) is 2.13. The molecule has 2 amide bonds. The summed E-state index contributed by atoms with van der Waals surface area (Å²) in [5.74, 6) is 0. The third-order valence-electron chi connectivity index (χ3n) is 3.30. The van der Waals surface area contributed by atoms with Gasteiger partial charge in [0, 0.05) is 29.7 Å². The van der Waals surface area contributed by atoms with Crippen LogP contribution in [-0.4, -0.2) is 43.5 Å². The molecule has 1 fully saturated rings. The van der Waals surface area contributed by atoms with Gasteiger partial charge in [0.25, 0.3) is 0 Å². The molecule has 1 atom stereocenters. The average Bonchev–Trinajstić information content (AvgIpc) is 2.54. The zero-order chi connectivity index (χ0) is 14.5. The van der Waals surface area contributed by atoms with Crippen LogP contribution in [0.3, 0.4) is 0 Å². The summed E-state index contributed by atoms with van der Waals surface area (Å²) >= 11 is 0. The Morgan fingerprint density at radius 3 is 3.14 bits per heavy atom. The van der Waals surface area contributed by atoms with E-state index in [0.29, 0.717) is 26.4 Å². The number of carbonyl (C=O) groups excluding carboxylic acids is 1. The number of urea groups is 1. The lowest BCUT2D eigenvalue weighted by molar-refractivity contribution is -0.0852. The summed E-state index contributed by atoms with van der Waals surface area (Å²) in [6.07, 6.45) is 3.39. The first-order valence-electron chi connectivity index (χ1n) is 6.90. The van der Waals surface area contributed by atoms with E-state index in [4.69, 9.17) is 9.47 Å². The van der Waals surface area contributed by atoms with Gasteiger partial charge >= 0.3 is 6.03 Å². The zero-order valence-corrected chi connectivity index (χ0v) is 11.5. The summed E-state index contributed by atoms with van der Waals surface area (Å²) in [4.78, 5) is 16.0. The molecule has 0 radical (unpaired) electrons. The van der Waals surface area contributed by atoms with Crippen LogP contribution in [0, 0.1) is 0 Å². The van der Waals surface area contributed by atoms with Gasteiger partial charge in [0.1, 0.15) is 0 Å². The maximum atomic E-state index is 12.0. The largest absolute Gasteiger partial charge is 0.376 e. The van der Waals surface area contributed by atoms with Crippen molar-refractivity contribution in [3.8, 4) is 0 Å². The van der Waals surface area contributed by atoms with Crippen molar-refractivity contribution in [1.29, 1.82) is 0 Å². The molecule has 2 N–H and O–H groups in total. The quantitative estimate of drug-likeness (QED) is 0.902. The molecule has 1 aliphatic rings. The summed E-state index contributed by atoms with van der Waals surface area (Å²) in [5.41, 5.74) is 0.758. The first-order chi connectivity index (χ1) is 10.3. The highest BCUT2D eigenvalue weighted by atomic mass is 16.6. The average molecular weight is 287 g/mol. The topological polar surface area (TPSA) is 72.5 Å². The van der Waals surface area contributed by atoms with Gasteiger partial charge in [-0.15, -0.1) is 0 Å². The smallest absolute Gasteiger partial charge is 0.319 e. The van der Waals surface area contributed by atoms with Crippen LogP contribution >= 0.6 is 0 Å². The fourth-order valence-corrected chi connectivity index (χ4v) is 2.26. The van der Waals surface area contributed by atoms with E-state index < -0.39 is 0 Å². The Bertz CT molecular complexity index is 621. The molecule has 0 spiro atoms. The predicted molar refractivity (Wildman–Crippen MR) is 79.3 cm³/mol. The number of ether oxygens (including phenoxy) is 2. The highest BCUT2D eigenvalue weighted by molar-refractivity contribution is 6.01. The molecule has 6 nitrogen and oxygen atoms in total. The van der Waals surface area contributed by atoms with Crippen LogP contribution in [0.25, 0.3) is 10.8 Å². The van der Waals surface area contributed by atoms with E-state index >= 15 is 0 Å². The number of hydrogen-bond donors (Lipinski definition) is 2. The summed E-state index contributed by atoms with van der Waals surface area (Å²) in [6, 6.07) is 7.33. The van der Waals surface area contributed by atoms with E-state index in [2.05, 4.69) is 15.6 Å². The number of nitrogens with one attached hydrogen (secondary N) is 2. The minimum Gasteiger partial charge on any atom is -0.376 e. The highest BCUT2D eigenvalue weighted by Gasteiger charge is 2.15. The molecule has 0 saturated carbocycles. The molecule has 2 aromatic rings. The SMILES string of the molecule is O=C(NC[C@H]1COCCO1)Nc1cccc2cnccc12. The molecule has 6 heteroatoms. The number of amides is 2. The Morgan fingerprint density at radius 1 is 1.33 bits per heavy atom. The molecule has 3 rings (SSSR count). The fourth-order valence-electron chi connectivity index (χ4n) is 2.26. The van der Waals surface area contributed by atoms with Gasteiger partial charge in [-0.3, -0.25) is 4.98 Å². The number of fused-ring (bicyclic) bond motifs is 1. The maximum Gasteiger partial charge on any atom is 0.319 e. The van der Waals surface area contributed by atoms with Crippen molar-refractivity contribution in [1.82, 2.24) is 10.3 Å². The van der Waals surface area contributed by atoms with Crippen LogP contribution in [-0.2, 0) is 9.47 Å². The lowest BCUT2D eigenvalue weighted by Gasteiger charge is -2.23. The molecular weight excluding hydrogens is 270 g/mol. The molecular formula is C15H17N3O3. The number of hydrogen-bond acceptors (Lipinski definition) is 4. The van der Waals surface area contributed by atoms with Crippen LogP contribution < -0.4 is 10.6 Å². The third-order valence-corrected chi connectivity index (χ3v) is 3.30. The summed E-state index contributed by atoms with van der Waals surface area (Å²) in [5, 5.41) is 7.59. The number of benzene rings is 1. The molecule has 21 heavy (non-hydrogen) atoms. The van der Waals surface area contributed by atoms with Gasteiger partial charge in [0.15, 0.2) is 0 Å². The van der Waals surface area contributed by atoms with E-state index in [1.54, 1.807) is 12.4 Å². The van der Waals surface area contributed by atoms with E-state index in [-0.39, 0.29) is 12.1 Å². The second-order valence-electron chi connectivity index (χ2n) is 4.81. The molecule has 1 aliphatic heterocycles. The molecule has 1 aromatic heterocycles. The second-order valence-corrected chi connectivity index (χ2v) is 4.81. The fraction of sp³-hybridized carbons (Fsp3) is 0.333. The van der Waals surface area contributed by atoms with Gasteiger partial charge in [0.2, 0.25) is 0 Å². The van der Waals surface area contributed by atoms with E-state index in [1.807, 2.05) is 24.3 Å². The van der Waals surface area contributed by atoms with E-state index in [1.165, 1.54) is 0 Å². The predicted octanol–water partition coefficient (Wildman–Crippen LogP) is 1.77. The third kappa shape index (κ3) is 3.48. The van der Waals surface area contributed by atoms with Gasteiger partial charge in [-0.05, 0) is 12.1 Å². The molecule has 1 aromatic carbocycles. The molecule has 0 aliphatic carbocycles. The molecule has 0 bridgehead atoms. The maximum absolute atomic E-state index is 12.0. The van der Waals surface area contributed by atoms with Crippen LogP contribution in [0.2, 0.25) is 0 Å². The highest BCUT2D eigenvalue weighted by Crippen LogP contribution is 2.21. The van der Waals surface area contributed by atoms with E-state index in [0.717, 1.165) is 16.5 Å². The van der Waals surface area contributed by atoms with Crippen LogP contribution in [0.4, 0.5) is 10.5 Å². The van der Waals surface area contributed by atoms with Gasteiger partial charge in [0.05, 0.1) is 31.6 Å². The standard InChI is InChI=1S/C15H17N3O3/c19-15(17-9-12-10-20-6-7-21-12)18-14-3-1-2-11-8-16-5-4-13(11)14/h1-5,8,12H,6-7,9-10H2,(H2,17,18,19)/t12-/m0/s1. The van der Waals surface area contributed by atoms with Crippen LogP contribution in [0.1, 0.15) is 0 Å². The van der Waals surface area contributed by atoms with Crippen molar-refractivity contribution >= 4 is 22.5 Å². The van der Waals surface area contributed by atoms with Crippen molar-refractivity contribution in [3.63, 3.8) is 0 Å². The monoisotopic (exact) mass is 287 g/mol. The zero-order valence-electron chi connectivity index (χ0n) is 11.5. The number of pyridine rings is 1. The van der Waals surface area contributed by atoms with Gasteiger partial charge in [-0.1, -0.05) is 12.1 Å². The Balaban J connectivity index is 1.61. The van der Waals surface area contributed by atoms with Crippen molar-refractivity contribution in [2.24, 2.45) is 0 Å². The van der Waals surface area contributed by atoms with Crippen molar-refractivity contribution in [2.75, 3.05) is 31.7 Å². The van der Waals surface area contributed by atoms with Crippen molar-refractivity contribution < 1.29 is 14.3 Å². The molecule has 0 unspecified atom stereocenters. The van der Waals surface area contributed by atoms with E-state index in [9.17, 15) is 4.79 Å². The van der Waals surface area contributed by atoms with Crippen LogP contribution in [0.5, 0.6) is 0 Å². The Kier molecular flexibility index (Phi) is 4.28. The second kappa shape index (κ2) is 6.51. The Morgan fingerprint density at radius 2 is 2.29 bits per heavy atom. The van der Waals surface area contributed by atoms with Gasteiger partial charge in [-0.2, -0.15) is 0 Å². The number of aromatic nitrogens is 1. The summed E-state index contributed by atoms with van der Waals surface area (Å²) < 4.78 is 10.8. The number of anilines is 1. The number of rotatable bonds is 3. The van der Waals surface area contributed by atoms with Gasteiger partial charge < -0.3 is 20.1 Å². The van der Waals surface area contributed by atoms with Crippen molar-refractivity contribution in [3.05, 3.63) is 36.7 Å². The molecule has 110 valence electrons. The van der Waals surface area contributed by atoms with Crippen molar-refractivity contribution in [2.45, 2.75) is 6.10 Å². The van der Waals surface area contributed by atoms with Gasteiger partial charge in [-0.25, -0.2) is 4.79 Å². The first-order valence-corrected chi connectivity index (χ1v) is 6.90. The number of nitrogens with zero attached hydrogens (tertiary/aromatic N) is 1. The normalized spacial score (nSPS) is 18.4. The summed E-state index contributed by atoms with van der Waals surface area (Å²) in [7, 11) is 0. The lowest BCUT2D eigenvalue weighted by atomic mass is 10.1. The lowest BCUT2D eigenvalue weighted by Crippen LogP contribution is -2.41. The first kappa shape index (κ1) is 13.8. The minimum atomic E-state index is -0.256.